The summed E-state index contributed by atoms with van der Waals surface area (Å²) in [5, 5.41) is 0.709. The molecule has 0 N–H and O–H groups in total. The van der Waals surface area contributed by atoms with Gasteiger partial charge in [-0.1, -0.05) is 23.7 Å². The molecule has 0 aliphatic carbocycles. The van der Waals surface area contributed by atoms with Crippen LogP contribution in [0, 0.1) is 0 Å². The summed E-state index contributed by atoms with van der Waals surface area (Å²) in [5.41, 5.74) is 2.66. The largest absolute Gasteiger partial charge is 0.344 e. The lowest BCUT2D eigenvalue weighted by molar-refractivity contribution is 0.101. The van der Waals surface area contributed by atoms with Crippen molar-refractivity contribution in [1.29, 1.82) is 0 Å². The second kappa shape index (κ2) is 4.46. The Labute approximate surface area is 111 Å². The molecule has 0 unspecified atom stereocenters. The van der Waals surface area contributed by atoms with Gasteiger partial charge in [0.25, 0.3) is 0 Å². The van der Waals surface area contributed by atoms with Crippen molar-refractivity contribution in [2.75, 3.05) is 0 Å². The third-order valence-electron chi connectivity index (χ3n) is 3.19. The Kier molecular flexibility index (Phi) is 2.80. The number of ketones is 1. The fraction of sp³-hybridized carbons (Fsp3) is 0.133. The average molecular weight is 258 g/mol. The standard InChI is InChI=1S/C15H12ClNO/c16-13-5-3-11(4-6-13)10-12-7-9-17-8-1-2-14(17)15(12)18/h1-6,8,10H,7,9H2/b12-10+. The molecule has 0 bridgehead atoms. The van der Waals surface area contributed by atoms with E-state index >= 15 is 0 Å². The van der Waals surface area contributed by atoms with Crippen LogP contribution in [0.5, 0.6) is 0 Å². The van der Waals surface area contributed by atoms with Crippen LogP contribution in [0.3, 0.4) is 0 Å². The number of benzene rings is 1. The number of carbonyl (C=O) groups is 1. The number of hydrogen-bond donors (Lipinski definition) is 0. The molecule has 0 radical (unpaired) electrons. The molecule has 2 aromatic rings. The summed E-state index contributed by atoms with van der Waals surface area (Å²) in [7, 11) is 0. The van der Waals surface area contributed by atoms with E-state index in [0.29, 0.717) is 5.02 Å². The van der Waals surface area contributed by atoms with E-state index in [1.807, 2.05) is 53.2 Å². The summed E-state index contributed by atoms with van der Waals surface area (Å²) >= 11 is 5.84. The van der Waals surface area contributed by atoms with Crippen molar-refractivity contribution in [2.24, 2.45) is 0 Å². The van der Waals surface area contributed by atoms with Crippen LogP contribution in [0.2, 0.25) is 5.02 Å². The Bertz CT molecular complexity index is 622. The predicted octanol–water partition coefficient (Wildman–Crippen LogP) is 3.81. The number of halogens is 1. The molecule has 90 valence electrons. The molecule has 0 amide bonds. The average Bonchev–Trinajstić information content (AvgIpc) is 2.84. The molecule has 3 rings (SSSR count). The zero-order chi connectivity index (χ0) is 12.5. The molecule has 0 fully saturated rings. The van der Waals surface area contributed by atoms with Crippen molar-refractivity contribution < 1.29 is 4.79 Å². The van der Waals surface area contributed by atoms with Crippen LogP contribution >= 0.6 is 11.6 Å². The molecule has 2 heterocycles. The highest BCUT2D eigenvalue weighted by molar-refractivity contribution is 6.30. The number of rotatable bonds is 1. The monoisotopic (exact) mass is 257 g/mol. The van der Waals surface area contributed by atoms with Crippen molar-refractivity contribution in [3.8, 4) is 0 Å². The second-order valence-corrected chi connectivity index (χ2v) is 4.82. The van der Waals surface area contributed by atoms with Gasteiger partial charge in [-0.2, -0.15) is 0 Å². The minimum absolute atomic E-state index is 0.126. The van der Waals surface area contributed by atoms with E-state index < -0.39 is 0 Å². The molecule has 1 aliphatic rings. The summed E-state index contributed by atoms with van der Waals surface area (Å²) in [5.74, 6) is 0.126. The van der Waals surface area contributed by atoms with Crippen LogP contribution in [0.15, 0.2) is 48.2 Å². The number of Topliss-reactive ketones (excluding diaryl/α,β-unsaturated/α-hetero) is 1. The number of carbonyl (C=O) groups excluding carboxylic acids is 1. The van der Waals surface area contributed by atoms with E-state index in [1.165, 1.54) is 0 Å². The summed E-state index contributed by atoms with van der Waals surface area (Å²) in [6.07, 6.45) is 4.69. The van der Waals surface area contributed by atoms with Gasteiger partial charge in [-0.05, 0) is 42.3 Å². The Balaban J connectivity index is 1.95. The van der Waals surface area contributed by atoms with Crippen LogP contribution in [0.1, 0.15) is 22.5 Å². The molecule has 2 nitrogen and oxygen atoms in total. The molecule has 18 heavy (non-hydrogen) atoms. The first-order chi connectivity index (χ1) is 8.74. The first-order valence-electron chi connectivity index (χ1n) is 5.90. The maximum Gasteiger partial charge on any atom is 0.205 e. The van der Waals surface area contributed by atoms with Gasteiger partial charge >= 0.3 is 0 Å². The smallest absolute Gasteiger partial charge is 0.205 e. The number of allylic oxidation sites excluding steroid dienone is 1. The third-order valence-corrected chi connectivity index (χ3v) is 3.44. The van der Waals surface area contributed by atoms with Gasteiger partial charge in [0, 0.05) is 23.3 Å². The maximum absolute atomic E-state index is 12.2. The van der Waals surface area contributed by atoms with Gasteiger partial charge in [-0.25, -0.2) is 0 Å². The van der Waals surface area contributed by atoms with Crippen molar-refractivity contribution in [2.45, 2.75) is 13.0 Å². The third kappa shape index (κ3) is 2.00. The summed E-state index contributed by atoms with van der Waals surface area (Å²) in [4.78, 5) is 12.2. The van der Waals surface area contributed by atoms with Gasteiger partial charge in [0.15, 0.2) is 0 Å². The Hall–Kier alpha value is -1.80. The quantitative estimate of drug-likeness (QED) is 0.712. The van der Waals surface area contributed by atoms with Crippen molar-refractivity contribution in [1.82, 2.24) is 4.57 Å². The normalized spacial score (nSPS) is 16.9. The van der Waals surface area contributed by atoms with Crippen molar-refractivity contribution >= 4 is 23.5 Å². The van der Waals surface area contributed by atoms with E-state index in [4.69, 9.17) is 11.6 Å². The molecule has 0 saturated carbocycles. The van der Waals surface area contributed by atoms with Crippen LogP contribution in [0.4, 0.5) is 0 Å². The Morgan fingerprint density at radius 3 is 2.72 bits per heavy atom. The number of nitrogens with zero attached hydrogens (tertiary/aromatic N) is 1. The summed E-state index contributed by atoms with van der Waals surface area (Å²) < 4.78 is 2.00. The van der Waals surface area contributed by atoms with Crippen LogP contribution < -0.4 is 0 Å². The first kappa shape index (κ1) is 11.3. The van der Waals surface area contributed by atoms with Gasteiger partial charge in [0.05, 0.1) is 5.69 Å². The lowest BCUT2D eigenvalue weighted by atomic mass is 9.99. The highest BCUT2D eigenvalue weighted by Crippen LogP contribution is 2.23. The minimum atomic E-state index is 0.126. The topological polar surface area (TPSA) is 22.0 Å². The minimum Gasteiger partial charge on any atom is -0.344 e. The second-order valence-electron chi connectivity index (χ2n) is 4.39. The predicted molar refractivity (Wildman–Crippen MR) is 72.8 cm³/mol. The van der Waals surface area contributed by atoms with E-state index in [1.54, 1.807) is 0 Å². The maximum atomic E-state index is 12.2. The molecule has 3 heteroatoms. The first-order valence-corrected chi connectivity index (χ1v) is 6.28. The summed E-state index contributed by atoms with van der Waals surface area (Å²) in [6.45, 7) is 0.869. The van der Waals surface area contributed by atoms with Crippen molar-refractivity contribution in [3.63, 3.8) is 0 Å². The van der Waals surface area contributed by atoms with Crippen LogP contribution in [-0.4, -0.2) is 10.4 Å². The highest BCUT2D eigenvalue weighted by atomic mass is 35.5. The van der Waals surface area contributed by atoms with Crippen LogP contribution in [-0.2, 0) is 6.54 Å². The number of aryl methyl sites for hydroxylation is 1. The molecule has 0 spiro atoms. The van der Waals surface area contributed by atoms with E-state index in [0.717, 1.165) is 29.8 Å². The van der Waals surface area contributed by atoms with Gasteiger partial charge < -0.3 is 4.57 Å². The summed E-state index contributed by atoms with van der Waals surface area (Å²) in [6, 6.07) is 11.3. The zero-order valence-electron chi connectivity index (χ0n) is 9.77. The van der Waals surface area contributed by atoms with Gasteiger partial charge in [0.2, 0.25) is 5.78 Å². The van der Waals surface area contributed by atoms with Crippen LogP contribution in [0.25, 0.3) is 6.08 Å². The van der Waals surface area contributed by atoms with E-state index in [2.05, 4.69) is 0 Å². The zero-order valence-corrected chi connectivity index (χ0v) is 10.5. The highest BCUT2D eigenvalue weighted by Gasteiger charge is 2.20. The fourth-order valence-corrected chi connectivity index (χ4v) is 2.36. The molecular weight excluding hydrogens is 246 g/mol. The number of aromatic nitrogens is 1. The lowest BCUT2D eigenvalue weighted by Crippen LogP contribution is -2.18. The molecule has 1 aromatic heterocycles. The van der Waals surface area contributed by atoms with Gasteiger partial charge in [0.1, 0.15) is 0 Å². The Morgan fingerprint density at radius 2 is 1.94 bits per heavy atom. The fourth-order valence-electron chi connectivity index (χ4n) is 2.23. The SMILES string of the molecule is O=C1/C(=C/c2ccc(Cl)cc2)CCn2cccc21. The molecule has 0 saturated heterocycles. The Morgan fingerprint density at radius 1 is 1.17 bits per heavy atom. The molecule has 1 aromatic carbocycles. The lowest BCUT2D eigenvalue weighted by Gasteiger charge is -2.17. The molecule has 1 aliphatic heterocycles. The van der Waals surface area contributed by atoms with Gasteiger partial charge in [-0.3, -0.25) is 4.79 Å². The molecule has 0 atom stereocenters. The van der Waals surface area contributed by atoms with Gasteiger partial charge in [-0.15, -0.1) is 0 Å². The van der Waals surface area contributed by atoms with E-state index in [9.17, 15) is 4.79 Å². The number of fused-ring (bicyclic) bond motifs is 1. The van der Waals surface area contributed by atoms with Crippen molar-refractivity contribution in [3.05, 3.63) is 64.4 Å². The molecular formula is C15H12ClNO. The number of hydrogen-bond acceptors (Lipinski definition) is 1. The van der Waals surface area contributed by atoms with E-state index in [-0.39, 0.29) is 5.78 Å².